The Balaban J connectivity index is 1.91. The maximum atomic E-state index is 13.9. The normalized spacial score (nSPS) is 10.7. The first-order valence-electron chi connectivity index (χ1n) is 7.65. The highest BCUT2D eigenvalue weighted by atomic mass is 19.1. The molecule has 3 rings (SSSR count). The molecule has 2 aromatic carbocycles. The highest BCUT2D eigenvalue weighted by molar-refractivity contribution is 6.05. The van der Waals surface area contributed by atoms with E-state index in [1.165, 1.54) is 16.9 Å². The van der Waals surface area contributed by atoms with Gasteiger partial charge in [0.05, 0.1) is 17.5 Å². The number of carbonyl (C=O) groups excluding carboxylic acids is 1. The number of benzene rings is 2. The first-order chi connectivity index (χ1) is 11.5. The Morgan fingerprint density at radius 3 is 2.58 bits per heavy atom. The van der Waals surface area contributed by atoms with Crippen molar-refractivity contribution in [1.82, 2.24) is 9.78 Å². The number of rotatable bonds is 3. The lowest BCUT2D eigenvalue weighted by molar-refractivity contribution is 0.102. The van der Waals surface area contributed by atoms with Gasteiger partial charge < -0.3 is 5.32 Å². The SMILES string of the molecule is Cc1ccc(NC(=O)c2cnn(-c3ccccc3F)c2C)c(C)c1. The second kappa shape index (κ2) is 6.28. The number of nitrogens with zero attached hydrogens (tertiary/aromatic N) is 2. The topological polar surface area (TPSA) is 46.9 Å². The summed E-state index contributed by atoms with van der Waals surface area (Å²) in [6.07, 6.45) is 1.46. The third-order valence-corrected chi connectivity index (χ3v) is 3.97. The van der Waals surface area contributed by atoms with E-state index in [1.807, 2.05) is 32.0 Å². The van der Waals surface area contributed by atoms with Crippen LogP contribution in [0.2, 0.25) is 0 Å². The van der Waals surface area contributed by atoms with Gasteiger partial charge in [-0.05, 0) is 44.5 Å². The Morgan fingerprint density at radius 1 is 1.12 bits per heavy atom. The Morgan fingerprint density at radius 2 is 1.88 bits per heavy atom. The third-order valence-electron chi connectivity index (χ3n) is 3.97. The maximum Gasteiger partial charge on any atom is 0.259 e. The molecule has 0 aliphatic carbocycles. The van der Waals surface area contributed by atoms with E-state index in [1.54, 1.807) is 25.1 Å². The minimum atomic E-state index is -0.384. The molecule has 1 amide bonds. The quantitative estimate of drug-likeness (QED) is 0.785. The number of para-hydroxylation sites is 1. The van der Waals surface area contributed by atoms with Gasteiger partial charge in [-0.2, -0.15) is 5.10 Å². The van der Waals surface area contributed by atoms with Crippen LogP contribution in [-0.4, -0.2) is 15.7 Å². The van der Waals surface area contributed by atoms with Crippen LogP contribution in [0, 0.1) is 26.6 Å². The number of carbonyl (C=O) groups is 1. The molecule has 0 spiro atoms. The predicted octanol–water partition coefficient (Wildman–Crippen LogP) is 4.19. The molecule has 0 unspecified atom stereocenters. The molecule has 0 fully saturated rings. The van der Waals surface area contributed by atoms with Crippen LogP contribution in [0.4, 0.5) is 10.1 Å². The fraction of sp³-hybridized carbons (Fsp3) is 0.158. The van der Waals surface area contributed by atoms with Crippen LogP contribution in [0.3, 0.4) is 0 Å². The maximum absolute atomic E-state index is 13.9. The minimum Gasteiger partial charge on any atom is -0.322 e. The summed E-state index contributed by atoms with van der Waals surface area (Å²) in [6.45, 7) is 5.69. The van der Waals surface area contributed by atoms with Crippen LogP contribution >= 0.6 is 0 Å². The zero-order valence-electron chi connectivity index (χ0n) is 13.8. The Hall–Kier alpha value is -2.95. The van der Waals surface area contributed by atoms with E-state index in [4.69, 9.17) is 0 Å². The zero-order valence-corrected chi connectivity index (χ0v) is 13.8. The van der Waals surface area contributed by atoms with Gasteiger partial charge in [0.2, 0.25) is 0 Å². The molecule has 1 heterocycles. The van der Waals surface area contributed by atoms with E-state index in [-0.39, 0.29) is 11.7 Å². The van der Waals surface area contributed by atoms with Gasteiger partial charge in [-0.3, -0.25) is 4.79 Å². The van der Waals surface area contributed by atoms with Gasteiger partial charge >= 0.3 is 0 Å². The van der Waals surface area contributed by atoms with Gasteiger partial charge in [0.15, 0.2) is 0 Å². The van der Waals surface area contributed by atoms with Crippen LogP contribution in [0.15, 0.2) is 48.7 Å². The van der Waals surface area contributed by atoms with E-state index in [0.717, 1.165) is 16.8 Å². The Labute approximate surface area is 139 Å². The number of nitrogens with one attached hydrogen (secondary N) is 1. The molecule has 0 saturated carbocycles. The summed E-state index contributed by atoms with van der Waals surface area (Å²) in [4.78, 5) is 12.5. The molecule has 24 heavy (non-hydrogen) atoms. The van der Waals surface area contributed by atoms with Gasteiger partial charge in [-0.25, -0.2) is 9.07 Å². The molecule has 3 aromatic rings. The van der Waals surface area contributed by atoms with E-state index in [0.29, 0.717) is 16.9 Å². The van der Waals surface area contributed by atoms with Gasteiger partial charge in [-0.15, -0.1) is 0 Å². The molecule has 1 aromatic heterocycles. The second-order valence-electron chi connectivity index (χ2n) is 5.78. The van der Waals surface area contributed by atoms with E-state index < -0.39 is 0 Å². The number of halogens is 1. The van der Waals surface area contributed by atoms with Crippen LogP contribution in [0.5, 0.6) is 0 Å². The lowest BCUT2D eigenvalue weighted by Gasteiger charge is -2.09. The van der Waals surface area contributed by atoms with Crippen LogP contribution in [0.1, 0.15) is 27.2 Å². The Bertz CT molecular complexity index is 915. The van der Waals surface area contributed by atoms with Crippen LogP contribution in [0.25, 0.3) is 5.69 Å². The summed E-state index contributed by atoms with van der Waals surface area (Å²) >= 11 is 0. The van der Waals surface area contributed by atoms with E-state index in [2.05, 4.69) is 10.4 Å². The molecule has 0 atom stereocenters. The number of amides is 1. The smallest absolute Gasteiger partial charge is 0.259 e. The molecule has 0 aliphatic heterocycles. The highest BCUT2D eigenvalue weighted by Crippen LogP contribution is 2.20. The highest BCUT2D eigenvalue weighted by Gasteiger charge is 2.17. The molecular weight excluding hydrogens is 305 g/mol. The summed E-state index contributed by atoms with van der Waals surface area (Å²) in [5.41, 5.74) is 4.20. The van der Waals surface area contributed by atoms with Crippen molar-refractivity contribution in [3.05, 3.63) is 76.9 Å². The average molecular weight is 323 g/mol. The van der Waals surface area contributed by atoms with Gasteiger partial charge in [-0.1, -0.05) is 29.8 Å². The van der Waals surface area contributed by atoms with Crippen molar-refractivity contribution in [3.63, 3.8) is 0 Å². The number of anilines is 1. The fourth-order valence-electron chi connectivity index (χ4n) is 2.64. The summed E-state index contributed by atoms with van der Waals surface area (Å²) < 4.78 is 15.4. The average Bonchev–Trinajstić information content (AvgIpc) is 2.92. The molecule has 0 bridgehead atoms. The van der Waals surface area contributed by atoms with Crippen molar-refractivity contribution in [2.24, 2.45) is 0 Å². The lowest BCUT2D eigenvalue weighted by atomic mass is 10.1. The third kappa shape index (κ3) is 2.93. The standard InChI is InChI=1S/C19H18FN3O/c1-12-8-9-17(13(2)10-12)22-19(24)15-11-21-23(14(15)3)18-7-5-4-6-16(18)20/h4-11H,1-3H3,(H,22,24). The first-order valence-corrected chi connectivity index (χ1v) is 7.65. The zero-order chi connectivity index (χ0) is 17.3. The molecule has 1 N–H and O–H groups in total. The fourth-order valence-corrected chi connectivity index (χ4v) is 2.64. The van der Waals surface area contributed by atoms with Gasteiger partial charge in [0, 0.05) is 5.69 Å². The van der Waals surface area contributed by atoms with Crippen molar-refractivity contribution in [3.8, 4) is 5.69 Å². The van der Waals surface area contributed by atoms with Crippen molar-refractivity contribution < 1.29 is 9.18 Å². The van der Waals surface area contributed by atoms with Crippen LogP contribution < -0.4 is 5.32 Å². The molecular formula is C19H18FN3O. The Kier molecular flexibility index (Phi) is 4.16. The minimum absolute atomic E-state index is 0.262. The first kappa shape index (κ1) is 15.9. The van der Waals surface area contributed by atoms with E-state index in [9.17, 15) is 9.18 Å². The molecule has 0 aliphatic rings. The summed E-state index contributed by atoms with van der Waals surface area (Å²) in [6, 6.07) is 12.2. The summed E-state index contributed by atoms with van der Waals surface area (Å²) in [5.74, 6) is -0.646. The van der Waals surface area contributed by atoms with Crippen molar-refractivity contribution >= 4 is 11.6 Å². The second-order valence-corrected chi connectivity index (χ2v) is 5.78. The molecule has 5 heteroatoms. The largest absolute Gasteiger partial charge is 0.322 e. The van der Waals surface area contributed by atoms with Gasteiger partial charge in [0.25, 0.3) is 5.91 Å². The summed E-state index contributed by atoms with van der Waals surface area (Å²) in [7, 11) is 0. The van der Waals surface area contributed by atoms with Crippen molar-refractivity contribution in [2.45, 2.75) is 20.8 Å². The number of aromatic nitrogens is 2. The molecule has 0 saturated heterocycles. The molecule has 4 nitrogen and oxygen atoms in total. The van der Waals surface area contributed by atoms with Crippen LogP contribution in [-0.2, 0) is 0 Å². The number of hydrogen-bond donors (Lipinski definition) is 1. The van der Waals surface area contributed by atoms with Gasteiger partial charge in [0.1, 0.15) is 11.5 Å². The molecule has 0 radical (unpaired) electrons. The predicted molar refractivity (Wildman–Crippen MR) is 92.1 cm³/mol. The lowest BCUT2D eigenvalue weighted by Crippen LogP contribution is -2.14. The number of hydrogen-bond acceptors (Lipinski definition) is 2. The van der Waals surface area contributed by atoms with Crippen molar-refractivity contribution in [1.29, 1.82) is 0 Å². The summed E-state index contributed by atoms with van der Waals surface area (Å²) in [5, 5.41) is 7.05. The number of aryl methyl sites for hydroxylation is 2. The van der Waals surface area contributed by atoms with E-state index >= 15 is 0 Å². The monoisotopic (exact) mass is 323 g/mol. The molecule has 122 valence electrons. The van der Waals surface area contributed by atoms with Crippen molar-refractivity contribution in [2.75, 3.05) is 5.32 Å².